The first kappa shape index (κ1) is 8.89. The van der Waals surface area contributed by atoms with Crippen LogP contribution in [0.4, 0.5) is 0 Å². The van der Waals surface area contributed by atoms with Crippen LogP contribution in [-0.4, -0.2) is 11.3 Å². The molecule has 11 heavy (non-hydrogen) atoms. The molecule has 0 fully saturated rings. The number of halogens is 2. The molecule has 0 aliphatic rings. The molecule has 0 N–H and O–H groups in total. The average Bonchev–Trinajstić information content (AvgIpc) is 2.06. The zero-order valence-electron chi connectivity index (χ0n) is 6.06. The van der Waals surface area contributed by atoms with Crippen molar-refractivity contribution in [2.75, 3.05) is 5.88 Å². The molecule has 2 heteroatoms. The van der Waals surface area contributed by atoms with Crippen LogP contribution in [0, 0.1) is 6.07 Å². The highest BCUT2D eigenvalue weighted by molar-refractivity contribution is 6.28. The van der Waals surface area contributed by atoms with Crippen molar-refractivity contribution in [1.82, 2.24) is 0 Å². The number of hydrogen-bond acceptors (Lipinski definition) is 0. The highest BCUT2D eigenvalue weighted by Crippen LogP contribution is 2.08. The van der Waals surface area contributed by atoms with Gasteiger partial charge in [0.25, 0.3) is 0 Å². The van der Waals surface area contributed by atoms with Crippen molar-refractivity contribution >= 4 is 23.2 Å². The second kappa shape index (κ2) is 4.63. The van der Waals surface area contributed by atoms with E-state index in [1.54, 1.807) is 0 Å². The summed E-state index contributed by atoms with van der Waals surface area (Å²) in [6.45, 7) is 0. The molecule has 1 rings (SSSR count). The first-order valence-electron chi connectivity index (χ1n) is 3.48. The SMILES string of the molecule is ClCC(Cl)Cc1cc[c]cc1. The zero-order chi connectivity index (χ0) is 8.10. The van der Waals surface area contributed by atoms with Crippen LogP contribution in [0.2, 0.25) is 0 Å². The lowest BCUT2D eigenvalue weighted by atomic mass is 10.1. The van der Waals surface area contributed by atoms with E-state index in [-0.39, 0.29) is 5.38 Å². The summed E-state index contributed by atoms with van der Waals surface area (Å²) in [5.74, 6) is 0.500. The van der Waals surface area contributed by atoms with E-state index in [0.717, 1.165) is 6.42 Å². The molecule has 0 aliphatic heterocycles. The van der Waals surface area contributed by atoms with Crippen LogP contribution >= 0.6 is 23.2 Å². The quantitative estimate of drug-likeness (QED) is 0.639. The van der Waals surface area contributed by atoms with E-state index in [0.29, 0.717) is 5.88 Å². The third-order valence-electron chi connectivity index (χ3n) is 1.41. The van der Waals surface area contributed by atoms with E-state index >= 15 is 0 Å². The Hall–Kier alpha value is -0.200. The van der Waals surface area contributed by atoms with E-state index in [1.807, 2.05) is 24.3 Å². The average molecular weight is 188 g/mol. The van der Waals surface area contributed by atoms with Crippen LogP contribution in [0.5, 0.6) is 0 Å². The Bertz CT molecular complexity index is 196. The highest BCUT2D eigenvalue weighted by Gasteiger charge is 2.02. The molecule has 0 saturated heterocycles. The lowest BCUT2D eigenvalue weighted by molar-refractivity contribution is 0.938. The van der Waals surface area contributed by atoms with Crippen LogP contribution in [0.1, 0.15) is 5.56 Å². The maximum absolute atomic E-state index is 5.86. The summed E-state index contributed by atoms with van der Waals surface area (Å²) in [5.41, 5.74) is 1.21. The van der Waals surface area contributed by atoms with Crippen molar-refractivity contribution in [3.63, 3.8) is 0 Å². The molecule has 0 saturated carbocycles. The molecule has 0 bridgehead atoms. The fraction of sp³-hybridized carbons (Fsp3) is 0.333. The van der Waals surface area contributed by atoms with Gasteiger partial charge < -0.3 is 0 Å². The van der Waals surface area contributed by atoms with E-state index < -0.39 is 0 Å². The Labute approximate surface area is 77.1 Å². The van der Waals surface area contributed by atoms with Gasteiger partial charge in [-0.05, 0) is 18.1 Å². The predicted octanol–water partition coefficient (Wildman–Crippen LogP) is 2.88. The van der Waals surface area contributed by atoms with Gasteiger partial charge in [0.1, 0.15) is 0 Å². The van der Waals surface area contributed by atoms with Crippen molar-refractivity contribution in [1.29, 1.82) is 0 Å². The van der Waals surface area contributed by atoms with Gasteiger partial charge in [0, 0.05) is 5.88 Å². The van der Waals surface area contributed by atoms with Crippen LogP contribution in [0.15, 0.2) is 24.3 Å². The van der Waals surface area contributed by atoms with Gasteiger partial charge in [-0.25, -0.2) is 0 Å². The molecular formula is C9H9Cl2. The molecule has 0 amide bonds. The van der Waals surface area contributed by atoms with Gasteiger partial charge in [-0.15, -0.1) is 23.2 Å². The van der Waals surface area contributed by atoms with Crippen LogP contribution in [0.3, 0.4) is 0 Å². The van der Waals surface area contributed by atoms with Gasteiger partial charge >= 0.3 is 0 Å². The number of hydrogen-bond donors (Lipinski definition) is 0. The Morgan fingerprint density at radius 3 is 2.55 bits per heavy atom. The second-order valence-corrected chi connectivity index (χ2v) is 3.29. The maximum Gasteiger partial charge on any atom is 0.0511 e. The zero-order valence-corrected chi connectivity index (χ0v) is 7.57. The number of alkyl halides is 2. The van der Waals surface area contributed by atoms with E-state index in [1.165, 1.54) is 5.56 Å². The molecule has 1 unspecified atom stereocenters. The maximum atomic E-state index is 5.86. The lowest BCUT2D eigenvalue weighted by Crippen LogP contribution is -2.03. The number of benzene rings is 1. The van der Waals surface area contributed by atoms with Gasteiger partial charge in [-0.3, -0.25) is 0 Å². The molecule has 1 radical (unpaired) electrons. The Kier molecular flexibility index (Phi) is 3.74. The fourth-order valence-corrected chi connectivity index (χ4v) is 1.16. The normalized spacial score (nSPS) is 12.9. The molecule has 1 atom stereocenters. The van der Waals surface area contributed by atoms with Crippen molar-refractivity contribution in [2.45, 2.75) is 11.8 Å². The highest BCUT2D eigenvalue weighted by atomic mass is 35.5. The first-order valence-corrected chi connectivity index (χ1v) is 4.45. The van der Waals surface area contributed by atoms with Crippen molar-refractivity contribution in [3.05, 3.63) is 35.9 Å². The number of rotatable bonds is 3. The van der Waals surface area contributed by atoms with Crippen LogP contribution in [-0.2, 0) is 6.42 Å². The van der Waals surface area contributed by atoms with E-state index in [4.69, 9.17) is 23.2 Å². The van der Waals surface area contributed by atoms with Crippen LogP contribution in [0.25, 0.3) is 0 Å². The summed E-state index contributed by atoms with van der Waals surface area (Å²) >= 11 is 11.4. The summed E-state index contributed by atoms with van der Waals surface area (Å²) < 4.78 is 0. The molecule has 59 valence electrons. The molecule has 0 heterocycles. The Balaban J connectivity index is 2.51. The Morgan fingerprint density at radius 1 is 1.36 bits per heavy atom. The van der Waals surface area contributed by atoms with E-state index in [2.05, 4.69) is 6.07 Å². The first-order chi connectivity index (χ1) is 5.33. The second-order valence-electron chi connectivity index (χ2n) is 2.36. The third kappa shape index (κ3) is 3.13. The van der Waals surface area contributed by atoms with Crippen molar-refractivity contribution in [2.24, 2.45) is 0 Å². The minimum atomic E-state index is 0.0408. The molecule has 0 aliphatic carbocycles. The van der Waals surface area contributed by atoms with Gasteiger partial charge in [-0.1, -0.05) is 24.3 Å². The largest absolute Gasteiger partial charge is 0.125 e. The van der Waals surface area contributed by atoms with Gasteiger partial charge in [0.2, 0.25) is 0 Å². The summed E-state index contributed by atoms with van der Waals surface area (Å²) in [6, 6.07) is 10.7. The summed E-state index contributed by atoms with van der Waals surface area (Å²) in [4.78, 5) is 0. The molecule has 0 aromatic heterocycles. The fourth-order valence-electron chi connectivity index (χ4n) is 0.868. The minimum Gasteiger partial charge on any atom is -0.125 e. The smallest absolute Gasteiger partial charge is 0.0511 e. The molecule has 0 spiro atoms. The topological polar surface area (TPSA) is 0 Å². The molecule has 0 nitrogen and oxygen atoms in total. The third-order valence-corrected chi connectivity index (χ3v) is 2.25. The monoisotopic (exact) mass is 187 g/mol. The van der Waals surface area contributed by atoms with Gasteiger partial charge in [-0.2, -0.15) is 0 Å². The van der Waals surface area contributed by atoms with E-state index in [9.17, 15) is 0 Å². The molecule has 1 aromatic carbocycles. The summed E-state index contributed by atoms with van der Waals surface area (Å²) in [5, 5.41) is 0.0408. The van der Waals surface area contributed by atoms with Crippen molar-refractivity contribution in [3.8, 4) is 0 Å². The van der Waals surface area contributed by atoms with Gasteiger partial charge in [0.15, 0.2) is 0 Å². The standard InChI is InChI=1S/C9H9Cl2/c10-7-9(11)6-8-4-2-1-3-5-8/h2-5,9H,6-7H2. The summed E-state index contributed by atoms with van der Waals surface area (Å²) in [6.07, 6.45) is 0.833. The van der Waals surface area contributed by atoms with Gasteiger partial charge in [0.05, 0.1) is 5.38 Å². The summed E-state index contributed by atoms with van der Waals surface area (Å²) in [7, 11) is 0. The van der Waals surface area contributed by atoms with Crippen molar-refractivity contribution < 1.29 is 0 Å². The Morgan fingerprint density at radius 2 is 2.00 bits per heavy atom. The van der Waals surface area contributed by atoms with Crippen LogP contribution < -0.4 is 0 Å². The molecule has 1 aromatic rings. The minimum absolute atomic E-state index is 0.0408. The lowest BCUT2D eigenvalue weighted by Gasteiger charge is -2.03. The molecular weight excluding hydrogens is 179 g/mol. The predicted molar refractivity (Wildman–Crippen MR) is 49.3 cm³/mol.